The molecule has 5 rings (SSSR count). The van der Waals surface area contributed by atoms with E-state index in [0.717, 1.165) is 0 Å². The van der Waals surface area contributed by atoms with Gasteiger partial charge in [0.1, 0.15) is 0 Å². The van der Waals surface area contributed by atoms with E-state index in [1.165, 1.54) is 6.26 Å². The van der Waals surface area contributed by atoms with Crippen molar-refractivity contribution in [2.75, 3.05) is 0 Å². The molecular weight excluding hydrogens is 498 g/mol. The molecule has 0 N–H and O–H groups in total. The normalized spacial score (nSPS) is 11.9. The molecule has 4 nitrogen and oxygen atoms in total. The van der Waals surface area contributed by atoms with Gasteiger partial charge in [0.15, 0.2) is 25.8 Å². The van der Waals surface area contributed by atoms with Gasteiger partial charge in [-0.05, 0) is 12.1 Å². The summed E-state index contributed by atoms with van der Waals surface area (Å²) in [7, 11) is -7.34. The molecule has 0 spiro atoms. The first-order valence-electron chi connectivity index (χ1n) is 12.0. The van der Waals surface area contributed by atoms with Gasteiger partial charge < -0.3 is 13.5 Å². The van der Waals surface area contributed by atoms with Gasteiger partial charge in [0.25, 0.3) is 0 Å². The second-order valence-electron chi connectivity index (χ2n) is 8.74. The topological polar surface area (TPSA) is 64.3 Å². The Labute approximate surface area is 216 Å². The molecule has 1 aromatic heterocycles. The number of hydrogen-bond acceptors (Lipinski definition) is 4. The van der Waals surface area contributed by atoms with Crippen molar-refractivity contribution in [3.8, 4) is 0 Å². The van der Waals surface area contributed by atoms with Crippen LogP contribution in [0.15, 0.2) is 144 Å². The third kappa shape index (κ3) is 4.71. The number of rotatable bonds is 9. The molecule has 4 aromatic carbocycles. The average Bonchev–Trinajstić information content (AvgIpc) is 3.52. The molecule has 0 bridgehead atoms. The van der Waals surface area contributed by atoms with Crippen molar-refractivity contribution >= 4 is 41.3 Å². The molecule has 0 fully saturated rings. The van der Waals surface area contributed by atoms with Crippen molar-refractivity contribution in [3.05, 3.63) is 145 Å². The van der Waals surface area contributed by atoms with E-state index in [1.807, 2.05) is 72.8 Å². The molecule has 37 heavy (non-hydrogen) atoms. The molecule has 0 saturated heterocycles. The number of furan rings is 1. The summed E-state index contributed by atoms with van der Waals surface area (Å²) in [5.41, 5.74) is 0. The number of benzene rings is 4. The summed E-state index contributed by atoms with van der Waals surface area (Å²) >= 11 is 0. The Morgan fingerprint density at radius 3 is 1.19 bits per heavy atom. The van der Waals surface area contributed by atoms with E-state index in [1.54, 1.807) is 60.7 Å². The Kier molecular flexibility index (Phi) is 7.24. The minimum atomic E-state index is -3.67. The highest BCUT2D eigenvalue weighted by molar-refractivity contribution is 7.95. The number of Topliss-reactive ketones (excluding diaryl/α,β-unsaturated/α-hetero) is 1. The van der Waals surface area contributed by atoms with E-state index in [-0.39, 0.29) is 18.0 Å². The molecule has 0 aliphatic heterocycles. The zero-order chi connectivity index (χ0) is 25.7. The molecule has 0 radical (unpaired) electrons. The van der Waals surface area contributed by atoms with Gasteiger partial charge in [-0.2, -0.15) is 0 Å². The second-order valence-corrected chi connectivity index (χ2v) is 15.1. The van der Waals surface area contributed by atoms with Crippen molar-refractivity contribution in [2.45, 2.75) is 11.8 Å². The van der Waals surface area contributed by atoms with Crippen LogP contribution in [-0.4, -0.2) is 11.2 Å². The van der Waals surface area contributed by atoms with Crippen LogP contribution in [0, 0.1) is 0 Å². The van der Waals surface area contributed by atoms with Gasteiger partial charge in [-0.3, -0.25) is 4.79 Å². The Morgan fingerprint density at radius 1 is 0.541 bits per heavy atom. The fourth-order valence-corrected chi connectivity index (χ4v) is 13.5. The van der Waals surface area contributed by atoms with Gasteiger partial charge in [0, 0.05) is 27.6 Å². The van der Waals surface area contributed by atoms with Gasteiger partial charge in [-0.25, -0.2) is 0 Å². The van der Waals surface area contributed by atoms with Crippen LogP contribution in [0.3, 0.4) is 0 Å². The molecule has 0 atom stereocenters. The Hall–Kier alpha value is -3.71. The van der Waals surface area contributed by atoms with E-state index in [9.17, 15) is 4.79 Å². The summed E-state index contributed by atoms with van der Waals surface area (Å²) < 4.78 is 36.7. The molecule has 0 unspecified atom stereocenters. The van der Waals surface area contributed by atoms with Gasteiger partial charge in [-0.15, -0.1) is 0 Å². The third-order valence-electron chi connectivity index (χ3n) is 6.56. The predicted molar refractivity (Wildman–Crippen MR) is 151 cm³/mol. The number of carbonyl (C=O) groups is 1. The molecule has 6 heteroatoms. The standard InChI is InChI=1S/C31H26O4P2/c32-29(30-22-13-23-35-30)24-31(36(33,25-14-5-1-6-15-25)26-16-7-2-8-17-26)37(34,27-18-9-3-10-19-27)28-20-11-4-12-21-28/h1-23,31H,24H2. The highest BCUT2D eigenvalue weighted by Gasteiger charge is 2.50. The number of hydrogen-bond donors (Lipinski definition) is 0. The van der Waals surface area contributed by atoms with E-state index < -0.39 is 19.7 Å². The zero-order valence-corrected chi connectivity index (χ0v) is 21.9. The largest absolute Gasteiger partial charge is 0.461 e. The van der Waals surface area contributed by atoms with Crippen molar-refractivity contribution < 1.29 is 18.3 Å². The van der Waals surface area contributed by atoms with Crippen LogP contribution in [0.2, 0.25) is 0 Å². The van der Waals surface area contributed by atoms with Gasteiger partial charge in [0.05, 0.1) is 11.7 Å². The minimum Gasteiger partial charge on any atom is -0.461 e. The smallest absolute Gasteiger partial charge is 0.199 e. The fraction of sp³-hybridized carbons (Fsp3) is 0.0645. The zero-order valence-electron chi connectivity index (χ0n) is 20.1. The van der Waals surface area contributed by atoms with Crippen LogP contribution < -0.4 is 21.2 Å². The molecule has 0 amide bonds. The lowest BCUT2D eigenvalue weighted by Gasteiger charge is -2.35. The molecular formula is C31H26O4P2. The van der Waals surface area contributed by atoms with Crippen molar-refractivity contribution in [1.82, 2.24) is 0 Å². The average molecular weight is 524 g/mol. The van der Waals surface area contributed by atoms with E-state index in [2.05, 4.69) is 0 Å². The van der Waals surface area contributed by atoms with Gasteiger partial charge in [-0.1, -0.05) is 121 Å². The first kappa shape index (κ1) is 25.0. The van der Waals surface area contributed by atoms with Crippen LogP contribution in [0.1, 0.15) is 17.0 Å². The molecule has 0 aliphatic carbocycles. The Morgan fingerprint density at radius 2 is 0.892 bits per heavy atom. The summed E-state index contributed by atoms with van der Waals surface area (Å²) in [5.74, 6) is -0.181. The minimum absolute atomic E-state index is 0.158. The fourth-order valence-electron chi connectivity index (χ4n) is 4.77. The highest BCUT2D eigenvalue weighted by atomic mass is 31.2. The Balaban J connectivity index is 1.84. The van der Waals surface area contributed by atoms with Crippen LogP contribution in [0.4, 0.5) is 0 Å². The number of carbonyl (C=O) groups excluding carboxylic acids is 1. The van der Waals surface area contributed by atoms with Crippen molar-refractivity contribution in [2.24, 2.45) is 0 Å². The Bertz CT molecular complexity index is 1370. The van der Waals surface area contributed by atoms with Crippen molar-refractivity contribution in [1.29, 1.82) is 0 Å². The first-order chi connectivity index (χ1) is 18.0. The monoisotopic (exact) mass is 524 g/mol. The lowest BCUT2D eigenvalue weighted by molar-refractivity contribution is 0.0959. The van der Waals surface area contributed by atoms with Gasteiger partial charge >= 0.3 is 0 Å². The second kappa shape index (κ2) is 10.7. The maximum Gasteiger partial charge on any atom is 0.199 e. The lowest BCUT2D eigenvalue weighted by atomic mass is 10.2. The maximum atomic E-state index is 15.7. The molecule has 184 valence electrons. The summed E-state index contributed by atoms with van der Waals surface area (Å²) in [6.07, 6.45) is 1.22. The summed E-state index contributed by atoms with van der Waals surface area (Å²) in [6, 6.07) is 39.7. The van der Waals surface area contributed by atoms with E-state index in [0.29, 0.717) is 21.2 Å². The van der Waals surface area contributed by atoms with Crippen LogP contribution in [0.5, 0.6) is 0 Å². The molecule has 5 aromatic rings. The quantitative estimate of drug-likeness (QED) is 0.170. The summed E-state index contributed by atoms with van der Waals surface area (Å²) in [5, 5.41) is 1.21. The summed E-state index contributed by atoms with van der Waals surface area (Å²) in [4.78, 5) is 13.6. The van der Waals surface area contributed by atoms with E-state index >= 15 is 9.13 Å². The summed E-state index contributed by atoms with van der Waals surface area (Å²) in [6.45, 7) is 0. The van der Waals surface area contributed by atoms with Gasteiger partial charge in [0.2, 0.25) is 0 Å². The van der Waals surface area contributed by atoms with Crippen molar-refractivity contribution in [3.63, 3.8) is 0 Å². The highest BCUT2D eigenvalue weighted by Crippen LogP contribution is 2.67. The first-order valence-corrected chi connectivity index (χ1v) is 15.6. The molecule has 0 saturated carbocycles. The van der Waals surface area contributed by atoms with Crippen LogP contribution in [-0.2, 0) is 9.13 Å². The lowest BCUT2D eigenvalue weighted by Crippen LogP contribution is -2.34. The molecule has 1 heterocycles. The van der Waals surface area contributed by atoms with Crippen LogP contribution >= 0.6 is 14.3 Å². The third-order valence-corrected chi connectivity index (χ3v) is 14.8. The maximum absolute atomic E-state index is 15.7. The van der Waals surface area contributed by atoms with Crippen LogP contribution in [0.25, 0.3) is 0 Å². The number of ketones is 1. The SMILES string of the molecule is O=C(CC(P(=O)(c1ccccc1)c1ccccc1)P(=O)(c1ccccc1)c1ccccc1)c1ccco1. The molecule has 0 aliphatic rings. The van der Waals surface area contributed by atoms with E-state index in [4.69, 9.17) is 4.42 Å². The predicted octanol–water partition coefficient (Wildman–Crippen LogP) is 6.21.